The van der Waals surface area contributed by atoms with Crippen molar-refractivity contribution < 1.29 is 141 Å². The zero-order valence-corrected chi connectivity index (χ0v) is 36.5. The molecule has 34 heteroatoms. The third-order valence-corrected chi connectivity index (χ3v) is 20.5. The van der Waals surface area contributed by atoms with Crippen molar-refractivity contribution in [2.24, 2.45) is 11.8 Å². The van der Waals surface area contributed by atoms with Gasteiger partial charge < -0.3 is 18.4 Å². The fourth-order valence-corrected chi connectivity index (χ4v) is 17.4. The standard InChI is InChI=1S/C32H40F28O4Si2/c1-15(16(2)17(3)62-5)10-13-65(6)12-9-8-11-63-66(7,64-65)14-18(61)20(34,27(43,44)45)22(36,29(49,50)51)24(38,31(55,56)57)25(39,32(58,59)60)23(37,30(52,53)54)21(35,28(46,47)48)19(4,33)26(40,41)42/h15-18,61H,8-14H2,1-7H3. The van der Waals surface area contributed by atoms with E-state index in [0.717, 1.165) is 6.55 Å². The molecule has 1 saturated heterocycles. The summed E-state index contributed by atoms with van der Waals surface area (Å²) in [5, 5.41) is 10.5. The maximum Gasteiger partial charge on any atom is 0.430 e. The summed E-state index contributed by atoms with van der Waals surface area (Å²) in [4.78, 5) is 0. The lowest BCUT2D eigenvalue weighted by atomic mass is 9.55. The summed E-state index contributed by atoms with van der Waals surface area (Å²) in [6.45, 7) is 2.77. The minimum atomic E-state index is -11.1. The average Bonchev–Trinajstić information content (AvgIpc) is 3.09. The largest absolute Gasteiger partial charge is 0.436 e. The van der Waals surface area contributed by atoms with Crippen molar-refractivity contribution in [3.63, 3.8) is 0 Å². The van der Waals surface area contributed by atoms with Gasteiger partial charge in [0.2, 0.25) is 5.67 Å². The minimum Gasteiger partial charge on any atom is -0.436 e. The Kier molecular flexibility index (Phi) is 17.2. The Balaban J connectivity index is 4.82. The number of alkyl halides is 28. The number of halogens is 28. The Bertz CT molecular complexity index is 1650. The number of ether oxygens (including phenoxy) is 1. The highest BCUT2D eigenvalue weighted by atomic mass is 28.4. The Labute approximate surface area is 357 Å². The molecule has 1 aliphatic heterocycles. The summed E-state index contributed by atoms with van der Waals surface area (Å²) in [5.41, 5.74) is -70.9. The second kappa shape index (κ2) is 18.2. The van der Waals surface area contributed by atoms with E-state index in [-0.39, 0.29) is 43.8 Å². The summed E-state index contributed by atoms with van der Waals surface area (Å²) in [6.07, 6.45) is -73.0. The molecule has 0 saturated carbocycles. The quantitative estimate of drug-likeness (QED) is 0.131. The second-order valence-electron chi connectivity index (χ2n) is 16.5. The molecule has 13 unspecified atom stereocenters. The summed E-state index contributed by atoms with van der Waals surface area (Å²) in [5.74, 6) is -0.761. The number of hydrogen-bond acceptors (Lipinski definition) is 4. The van der Waals surface area contributed by atoms with Crippen molar-refractivity contribution in [3.05, 3.63) is 0 Å². The lowest BCUT2D eigenvalue weighted by Crippen LogP contribution is -2.93. The van der Waals surface area contributed by atoms with Crippen LogP contribution in [0.2, 0.25) is 31.2 Å². The van der Waals surface area contributed by atoms with Gasteiger partial charge in [-0.25, -0.2) is 30.7 Å². The van der Waals surface area contributed by atoms with E-state index in [2.05, 4.69) is 0 Å². The molecule has 66 heavy (non-hydrogen) atoms. The van der Waals surface area contributed by atoms with E-state index in [4.69, 9.17) is 13.3 Å². The molecule has 0 aromatic carbocycles. The van der Waals surface area contributed by atoms with Crippen LogP contribution < -0.4 is 0 Å². The van der Waals surface area contributed by atoms with E-state index in [9.17, 15) is 102 Å². The number of aliphatic hydroxyl groups excluding tert-OH is 1. The molecule has 1 N–H and O–H groups in total. The maximum absolute atomic E-state index is 16.8. The second-order valence-corrected chi connectivity index (χ2v) is 24.2. The Morgan fingerprint density at radius 1 is 0.530 bits per heavy atom. The third-order valence-electron chi connectivity index (χ3n) is 12.1. The number of rotatable bonds is 15. The first kappa shape index (κ1) is 62.3. The van der Waals surface area contributed by atoms with Crippen molar-refractivity contribution in [3.8, 4) is 0 Å². The van der Waals surface area contributed by atoms with Gasteiger partial charge in [-0.05, 0) is 57.3 Å². The fourth-order valence-electron chi connectivity index (χ4n) is 7.86. The monoisotopic (exact) mass is 1080 g/mol. The smallest absolute Gasteiger partial charge is 0.430 e. The molecule has 4 nitrogen and oxygen atoms in total. The molecule has 0 aromatic heterocycles. The van der Waals surface area contributed by atoms with Crippen molar-refractivity contribution >= 4 is 16.9 Å². The van der Waals surface area contributed by atoms with E-state index in [1.807, 2.05) is 0 Å². The predicted molar refractivity (Wildman–Crippen MR) is 174 cm³/mol. The topological polar surface area (TPSA) is 47.9 Å². The highest BCUT2D eigenvalue weighted by Crippen LogP contribution is 2.76. The van der Waals surface area contributed by atoms with E-state index >= 15 is 26.3 Å². The Hall–Kier alpha value is -1.69. The van der Waals surface area contributed by atoms with Crippen LogP contribution in [0.1, 0.15) is 47.0 Å². The van der Waals surface area contributed by atoms with Crippen LogP contribution in [0.15, 0.2) is 0 Å². The first-order valence-electron chi connectivity index (χ1n) is 18.4. The third kappa shape index (κ3) is 9.35. The van der Waals surface area contributed by atoms with Crippen LogP contribution >= 0.6 is 0 Å². The van der Waals surface area contributed by atoms with E-state index in [1.54, 1.807) is 20.8 Å². The zero-order valence-electron chi connectivity index (χ0n) is 34.5. The van der Waals surface area contributed by atoms with Crippen LogP contribution in [0.4, 0.5) is 123 Å². The van der Waals surface area contributed by atoms with Gasteiger partial charge >= 0.3 is 51.8 Å². The Morgan fingerprint density at radius 3 is 1.23 bits per heavy atom. The normalized spacial score (nSPS) is 28.9. The summed E-state index contributed by atoms with van der Waals surface area (Å²) >= 11 is 0. The molecule has 0 radical (unpaired) electrons. The van der Waals surface area contributed by atoms with Crippen molar-refractivity contribution in [2.75, 3.05) is 13.7 Å². The highest BCUT2D eigenvalue weighted by molar-refractivity contribution is 6.83. The van der Waals surface area contributed by atoms with Crippen LogP contribution in [-0.4, -0.2) is 131 Å². The van der Waals surface area contributed by atoms with Gasteiger partial charge in [0.1, 0.15) is 6.10 Å². The summed E-state index contributed by atoms with van der Waals surface area (Å²) in [7, 11) is -8.14. The van der Waals surface area contributed by atoms with Gasteiger partial charge in [-0.2, -0.15) is 92.2 Å². The first-order chi connectivity index (χ1) is 28.6. The highest BCUT2D eigenvalue weighted by Gasteiger charge is 3.09. The minimum absolute atomic E-state index is 0.0122. The lowest BCUT2D eigenvalue weighted by molar-refractivity contribution is -0.502. The van der Waals surface area contributed by atoms with Crippen LogP contribution in [-0.2, 0) is 13.3 Å². The summed E-state index contributed by atoms with van der Waals surface area (Å²) < 4.78 is 432. The first-order valence-corrected chi connectivity index (χ1v) is 23.8. The molecule has 1 heterocycles. The van der Waals surface area contributed by atoms with Crippen LogP contribution in [0.3, 0.4) is 0 Å². The van der Waals surface area contributed by atoms with E-state index in [1.165, 1.54) is 7.11 Å². The molecular weight excluding hydrogens is 1040 g/mol. The van der Waals surface area contributed by atoms with Gasteiger partial charge in [0.15, 0.2) is 8.32 Å². The summed E-state index contributed by atoms with van der Waals surface area (Å²) in [6, 6.07) is -3.41. The van der Waals surface area contributed by atoms with E-state index < -0.39 is 137 Å². The predicted octanol–water partition coefficient (Wildman–Crippen LogP) is 13.4. The van der Waals surface area contributed by atoms with Gasteiger partial charge in [-0.15, -0.1) is 0 Å². The van der Waals surface area contributed by atoms with Crippen molar-refractivity contribution in [1.82, 2.24) is 0 Å². The molecule has 1 rings (SSSR count). The van der Waals surface area contributed by atoms with Crippen LogP contribution in [0, 0.1) is 11.8 Å². The molecule has 1 aliphatic rings. The molecule has 396 valence electrons. The number of aliphatic hydroxyl groups is 1. The van der Waals surface area contributed by atoms with Gasteiger partial charge in [0.05, 0.1) is 6.10 Å². The molecule has 13 atom stereocenters. The SMILES string of the molecule is COC(C)C(C)C(C)CC[Si]1(C)CCCCO[Si](C)(CC(O)C(F)(C(F)(F)F)C(F)(C(F)(F)F)C(F)(C(F)(F)F)C(F)(C(F)(F)F)C(F)(C(F)(F)F)C(F)(C(F)(F)F)C(C)(F)C(F)(F)F)O1. The molecule has 0 aromatic rings. The van der Waals surface area contributed by atoms with Gasteiger partial charge in [-0.3, -0.25) is 0 Å². The van der Waals surface area contributed by atoms with Gasteiger partial charge in [0, 0.05) is 19.8 Å². The zero-order chi connectivity index (χ0) is 53.4. The molecule has 1 fully saturated rings. The fraction of sp³-hybridized carbons (Fsp3) is 1.00. The average molecular weight is 1080 g/mol. The van der Waals surface area contributed by atoms with Gasteiger partial charge in [-0.1, -0.05) is 26.7 Å². The van der Waals surface area contributed by atoms with Crippen molar-refractivity contribution in [2.45, 2.75) is 173 Å². The molecule has 0 spiro atoms. The molecule has 0 bridgehead atoms. The molecular formula is C32H40F28O4Si2. The van der Waals surface area contributed by atoms with Crippen LogP contribution in [0.25, 0.3) is 0 Å². The van der Waals surface area contributed by atoms with Gasteiger partial charge in [0.25, 0.3) is 34.0 Å². The lowest BCUT2D eigenvalue weighted by Gasteiger charge is -2.59. The van der Waals surface area contributed by atoms with Crippen molar-refractivity contribution in [1.29, 1.82) is 0 Å². The number of hydrogen-bond donors (Lipinski definition) is 1. The molecule has 0 aliphatic carbocycles. The van der Waals surface area contributed by atoms with E-state index in [0.29, 0.717) is 0 Å². The molecule has 0 amide bonds. The number of methoxy groups -OCH3 is 1. The van der Waals surface area contributed by atoms with Crippen LogP contribution in [0.5, 0.6) is 0 Å². The Morgan fingerprint density at radius 2 is 0.894 bits per heavy atom. The maximum atomic E-state index is 16.8.